The van der Waals surface area contributed by atoms with Crippen molar-refractivity contribution in [1.29, 1.82) is 0 Å². The molecule has 0 aliphatic heterocycles. The summed E-state index contributed by atoms with van der Waals surface area (Å²) in [5, 5.41) is 0. The number of aromatic nitrogens is 1. The van der Waals surface area contributed by atoms with Crippen molar-refractivity contribution in [2.45, 2.75) is 27.2 Å². The van der Waals surface area contributed by atoms with Gasteiger partial charge in [-0.2, -0.15) is 4.39 Å². The molecule has 1 aromatic heterocycles. The van der Waals surface area contributed by atoms with Crippen LogP contribution in [0.25, 0.3) is 0 Å². The summed E-state index contributed by atoms with van der Waals surface area (Å²) in [7, 11) is 1.94. The maximum Gasteiger partial charge on any atom is 0.216 e. The van der Waals surface area contributed by atoms with Gasteiger partial charge >= 0.3 is 0 Å². The van der Waals surface area contributed by atoms with Gasteiger partial charge in [0.05, 0.1) is 17.7 Å². The van der Waals surface area contributed by atoms with Crippen molar-refractivity contribution in [3.63, 3.8) is 0 Å². The van der Waals surface area contributed by atoms with E-state index in [4.69, 9.17) is 0 Å². The Morgan fingerprint density at radius 3 is 2.75 bits per heavy atom. The van der Waals surface area contributed by atoms with Crippen LogP contribution in [0, 0.1) is 12.9 Å². The Morgan fingerprint density at radius 2 is 2.19 bits per heavy atom. The number of aryl methyl sites for hydroxylation is 2. The largest absolute Gasteiger partial charge is 0.366 e. The van der Waals surface area contributed by atoms with Crippen LogP contribution in [0.5, 0.6) is 0 Å². The summed E-state index contributed by atoms with van der Waals surface area (Å²) in [6.45, 7) is 6.60. The first kappa shape index (κ1) is 12.6. The summed E-state index contributed by atoms with van der Waals surface area (Å²) in [6.07, 6.45) is 2.37. The third-order valence-electron chi connectivity index (χ3n) is 2.49. The molecule has 0 atom stereocenters. The lowest BCUT2D eigenvalue weighted by atomic mass is 10.2. The molecular weight excluding hydrogens is 205 g/mol. The van der Waals surface area contributed by atoms with Gasteiger partial charge < -0.3 is 4.90 Å². The second kappa shape index (κ2) is 5.58. The van der Waals surface area contributed by atoms with Crippen molar-refractivity contribution in [3.05, 3.63) is 23.3 Å². The molecule has 0 aromatic carbocycles. The fourth-order valence-electron chi connectivity index (χ4n) is 1.23. The topological polar surface area (TPSA) is 28.5 Å². The van der Waals surface area contributed by atoms with E-state index in [0.29, 0.717) is 17.7 Å². The lowest BCUT2D eigenvalue weighted by Crippen LogP contribution is -2.14. The highest BCUT2D eigenvalue weighted by Crippen LogP contribution is 2.20. The average Bonchev–Trinajstić information content (AvgIpc) is 2.27. The molecule has 0 radical (unpaired) electrons. The average molecular weight is 223 g/mol. The minimum atomic E-state index is -0.386. The van der Waals surface area contributed by atoms with Crippen LogP contribution in [0.4, 0.5) is 10.1 Å². The molecule has 4 heteroatoms. The third kappa shape index (κ3) is 3.02. The summed E-state index contributed by atoms with van der Waals surface area (Å²) < 4.78 is 13.3. The number of aliphatic imine (C=N–C) groups is 1. The standard InChI is InChI=1S/C12H18FN3/c1-5-10-7-11(9(3)15-12(10)13)14-8-16(4)6-2/h7-8H,5-6H2,1-4H3. The van der Waals surface area contributed by atoms with Gasteiger partial charge in [-0.15, -0.1) is 0 Å². The van der Waals surface area contributed by atoms with Crippen LogP contribution in [0.2, 0.25) is 0 Å². The highest BCUT2D eigenvalue weighted by Gasteiger charge is 2.06. The number of halogens is 1. The lowest BCUT2D eigenvalue weighted by Gasteiger charge is -2.09. The van der Waals surface area contributed by atoms with Crippen LogP contribution in [-0.4, -0.2) is 29.8 Å². The van der Waals surface area contributed by atoms with Gasteiger partial charge in [-0.1, -0.05) is 6.92 Å². The second-order valence-electron chi connectivity index (χ2n) is 3.71. The van der Waals surface area contributed by atoms with Gasteiger partial charge in [-0.25, -0.2) is 9.98 Å². The summed E-state index contributed by atoms with van der Waals surface area (Å²) in [5.41, 5.74) is 1.96. The predicted molar refractivity (Wildman–Crippen MR) is 64.8 cm³/mol. The Labute approximate surface area is 96.0 Å². The Hall–Kier alpha value is -1.45. The Balaban J connectivity index is 3.00. The summed E-state index contributed by atoms with van der Waals surface area (Å²) >= 11 is 0. The van der Waals surface area contributed by atoms with Gasteiger partial charge in [-0.05, 0) is 26.3 Å². The van der Waals surface area contributed by atoms with E-state index in [0.717, 1.165) is 12.2 Å². The summed E-state index contributed by atoms with van der Waals surface area (Å²) in [6, 6.07) is 1.76. The molecule has 16 heavy (non-hydrogen) atoms. The van der Waals surface area contributed by atoms with Crippen molar-refractivity contribution in [2.24, 2.45) is 4.99 Å². The third-order valence-corrected chi connectivity index (χ3v) is 2.49. The minimum absolute atomic E-state index is 0.386. The Morgan fingerprint density at radius 1 is 1.50 bits per heavy atom. The first-order valence-electron chi connectivity index (χ1n) is 5.48. The van der Waals surface area contributed by atoms with E-state index >= 15 is 0 Å². The van der Waals surface area contributed by atoms with Crippen LogP contribution in [0.3, 0.4) is 0 Å². The summed E-state index contributed by atoms with van der Waals surface area (Å²) in [4.78, 5) is 10.1. The van der Waals surface area contributed by atoms with Gasteiger partial charge in [0.25, 0.3) is 0 Å². The number of hydrogen-bond donors (Lipinski definition) is 0. The molecule has 0 N–H and O–H groups in total. The maximum absolute atomic E-state index is 13.3. The molecule has 1 rings (SSSR count). The van der Waals surface area contributed by atoms with Gasteiger partial charge in [0, 0.05) is 19.2 Å². The first-order valence-corrected chi connectivity index (χ1v) is 5.48. The number of nitrogens with zero attached hydrogens (tertiary/aromatic N) is 3. The molecule has 0 saturated carbocycles. The van der Waals surface area contributed by atoms with Crippen LogP contribution < -0.4 is 0 Å². The summed E-state index contributed by atoms with van der Waals surface area (Å²) in [5.74, 6) is -0.386. The van der Waals surface area contributed by atoms with Crippen molar-refractivity contribution < 1.29 is 4.39 Å². The number of pyridine rings is 1. The Kier molecular flexibility index (Phi) is 4.40. The normalized spacial score (nSPS) is 11.1. The molecule has 88 valence electrons. The van der Waals surface area contributed by atoms with Crippen molar-refractivity contribution in [3.8, 4) is 0 Å². The fourth-order valence-corrected chi connectivity index (χ4v) is 1.23. The van der Waals surface area contributed by atoms with Crippen molar-refractivity contribution in [2.75, 3.05) is 13.6 Å². The SMILES string of the molecule is CCc1cc(N=CN(C)CC)c(C)nc1F. The van der Waals surface area contributed by atoms with E-state index in [2.05, 4.69) is 9.98 Å². The van der Waals surface area contributed by atoms with E-state index in [9.17, 15) is 4.39 Å². The fraction of sp³-hybridized carbons (Fsp3) is 0.500. The predicted octanol–water partition coefficient (Wildman–Crippen LogP) is 2.70. The monoisotopic (exact) mass is 223 g/mol. The molecule has 3 nitrogen and oxygen atoms in total. The molecule has 0 bridgehead atoms. The van der Waals surface area contributed by atoms with Gasteiger partial charge in [0.1, 0.15) is 0 Å². The quantitative estimate of drug-likeness (QED) is 0.446. The highest BCUT2D eigenvalue weighted by atomic mass is 19.1. The zero-order valence-corrected chi connectivity index (χ0v) is 10.3. The zero-order valence-electron chi connectivity index (χ0n) is 10.3. The van der Waals surface area contributed by atoms with Crippen LogP contribution in [0.15, 0.2) is 11.1 Å². The van der Waals surface area contributed by atoms with E-state index in [1.54, 1.807) is 19.3 Å². The van der Waals surface area contributed by atoms with Gasteiger partial charge in [0.15, 0.2) is 0 Å². The van der Waals surface area contributed by atoms with Crippen molar-refractivity contribution >= 4 is 12.0 Å². The van der Waals surface area contributed by atoms with E-state index in [-0.39, 0.29) is 5.95 Å². The van der Waals surface area contributed by atoms with Crippen LogP contribution >= 0.6 is 0 Å². The van der Waals surface area contributed by atoms with Crippen LogP contribution in [-0.2, 0) is 6.42 Å². The molecule has 0 fully saturated rings. The zero-order chi connectivity index (χ0) is 12.1. The molecule has 0 saturated heterocycles. The molecule has 0 unspecified atom stereocenters. The molecule has 0 spiro atoms. The van der Waals surface area contributed by atoms with Gasteiger partial charge in [-0.3, -0.25) is 0 Å². The maximum atomic E-state index is 13.3. The molecular formula is C12H18FN3. The molecule has 1 heterocycles. The smallest absolute Gasteiger partial charge is 0.216 e. The lowest BCUT2D eigenvalue weighted by molar-refractivity contribution is 0.551. The van der Waals surface area contributed by atoms with Crippen LogP contribution in [0.1, 0.15) is 25.1 Å². The molecule has 1 aromatic rings. The Bertz CT molecular complexity index is 388. The number of rotatable bonds is 4. The van der Waals surface area contributed by atoms with E-state index in [1.165, 1.54) is 0 Å². The van der Waals surface area contributed by atoms with Crippen molar-refractivity contribution in [1.82, 2.24) is 9.88 Å². The molecule has 0 aliphatic rings. The van der Waals surface area contributed by atoms with E-state index < -0.39 is 0 Å². The highest BCUT2D eigenvalue weighted by molar-refractivity contribution is 5.62. The first-order chi connectivity index (χ1) is 7.58. The second-order valence-corrected chi connectivity index (χ2v) is 3.71. The molecule has 0 aliphatic carbocycles. The minimum Gasteiger partial charge on any atom is -0.366 e. The van der Waals surface area contributed by atoms with E-state index in [1.807, 2.05) is 25.8 Å². The number of hydrogen-bond acceptors (Lipinski definition) is 2. The van der Waals surface area contributed by atoms with Gasteiger partial charge in [0.2, 0.25) is 5.95 Å². The molecule has 0 amide bonds.